The minimum Gasteiger partial charge on any atom is -0.489 e. The zero-order chi connectivity index (χ0) is 23.8. The van der Waals surface area contributed by atoms with Gasteiger partial charge in [0.2, 0.25) is 17.1 Å². The molecule has 1 saturated carbocycles. The molecule has 0 amide bonds. The molecule has 7 nitrogen and oxygen atoms in total. The van der Waals surface area contributed by atoms with Crippen LogP contribution in [0.25, 0.3) is 0 Å². The highest BCUT2D eigenvalue weighted by molar-refractivity contribution is 5.89. The molecule has 0 aromatic heterocycles. The van der Waals surface area contributed by atoms with E-state index in [9.17, 15) is 15.8 Å². The summed E-state index contributed by atoms with van der Waals surface area (Å²) in [4.78, 5) is 0. The maximum absolute atomic E-state index is 10.4. The van der Waals surface area contributed by atoms with Crippen LogP contribution in [0.2, 0.25) is 0 Å². The standard InChI is InChI=1S/C27H24N4O3/c28-16-25(17-29)23(20-10-7-11-21(14-20)32-15-19-8-3-1-4-9-19)33-27-13-6-2-5-12-22(27)26(25,18-30)24(31)34-27/h1,3-4,7-11,14,22-23,31H,2,5-6,12-13,15H2. The molecule has 2 bridgehead atoms. The zero-order valence-corrected chi connectivity index (χ0v) is 18.7. The third kappa shape index (κ3) is 2.93. The summed E-state index contributed by atoms with van der Waals surface area (Å²) in [6, 6.07) is 23.3. The summed E-state index contributed by atoms with van der Waals surface area (Å²) >= 11 is 0. The van der Waals surface area contributed by atoms with E-state index in [1.807, 2.05) is 30.3 Å². The monoisotopic (exact) mass is 452 g/mol. The number of nitrogens with one attached hydrogen (secondary N) is 1. The van der Waals surface area contributed by atoms with Crippen molar-refractivity contribution in [3.8, 4) is 24.0 Å². The van der Waals surface area contributed by atoms with Crippen molar-refractivity contribution in [2.75, 3.05) is 0 Å². The van der Waals surface area contributed by atoms with Crippen LogP contribution in [0.5, 0.6) is 5.75 Å². The van der Waals surface area contributed by atoms with E-state index in [4.69, 9.17) is 19.6 Å². The Bertz CT molecular complexity index is 1230. The summed E-state index contributed by atoms with van der Waals surface area (Å²) in [6.07, 6.45) is 2.60. The van der Waals surface area contributed by atoms with Gasteiger partial charge in [-0.25, -0.2) is 0 Å². The molecule has 2 aliphatic heterocycles. The Balaban J connectivity index is 1.58. The second-order valence-corrected chi connectivity index (χ2v) is 9.19. The van der Waals surface area contributed by atoms with Gasteiger partial charge in [0, 0.05) is 6.42 Å². The molecule has 170 valence electrons. The van der Waals surface area contributed by atoms with Crippen molar-refractivity contribution in [2.45, 2.75) is 50.6 Å². The van der Waals surface area contributed by atoms with Gasteiger partial charge in [0.25, 0.3) is 0 Å². The number of ether oxygens (including phenoxy) is 3. The zero-order valence-electron chi connectivity index (χ0n) is 18.7. The minimum atomic E-state index is -1.94. The predicted molar refractivity (Wildman–Crippen MR) is 121 cm³/mol. The number of nitriles is 3. The molecule has 2 aromatic rings. The molecule has 2 saturated heterocycles. The number of rotatable bonds is 4. The summed E-state index contributed by atoms with van der Waals surface area (Å²) in [5.41, 5.74) is -2.08. The molecule has 34 heavy (non-hydrogen) atoms. The van der Waals surface area contributed by atoms with E-state index in [2.05, 4.69) is 18.2 Å². The lowest BCUT2D eigenvalue weighted by Crippen LogP contribution is -2.59. The highest BCUT2D eigenvalue weighted by Crippen LogP contribution is 2.69. The third-order valence-corrected chi connectivity index (χ3v) is 7.48. The second-order valence-electron chi connectivity index (χ2n) is 9.19. The molecule has 5 rings (SSSR count). The van der Waals surface area contributed by atoms with Gasteiger partial charge in [-0.3, -0.25) is 5.41 Å². The largest absolute Gasteiger partial charge is 0.489 e. The van der Waals surface area contributed by atoms with Gasteiger partial charge in [-0.1, -0.05) is 55.3 Å². The lowest BCUT2D eigenvalue weighted by Gasteiger charge is -2.49. The van der Waals surface area contributed by atoms with E-state index in [-0.39, 0.29) is 5.90 Å². The lowest BCUT2D eigenvalue weighted by molar-refractivity contribution is -0.284. The SMILES string of the molecule is N#CC1(C#N)C(c2cccc(OCc3ccccc3)c2)OC23CCCCCC2C1(C#N)C(=N)O3. The Morgan fingerprint density at radius 1 is 0.971 bits per heavy atom. The van der Waals surface area contributed by atoms with E-state index >= 15 is 0 Å². The normalized spacial score (nSPS) is 31.0. The maximum atomic E-state index is 10.4. The first-order chi connectivity index (χ1) is 16.5. The van der Waals surface area contributed by atoms with E-state index in [0.717, 1.165) is 24.8 Å². The van der Waals surface area contributed by atoms with Crippen molar-refractivity contribution in [3.63, 3.8) is 0 Å². The van der Waals surface area contributed by atoms with Crippen LogP contribution in [0, 0.1) is 56.2 Å². The molecule has 2 heterocycles. The van der Waals surface area contributed by atoms with E-state index < -0.39 is 28.6 Å². The molecule has 0 spiro atoms. The van der Waals surface area contributed by atoms with Gasteiger partial charge in [0.1, 0.15) is 18.5 Å². The minimum absolute atomic E-state index is 0.330. The van der Waals surface area contributed by atoms with Crippen molar-refractivity contribution in [2.24, 2.45) is 16.7 Å². The van der Waals surface area contributed by atoms with Gasteiger partial charge in [-0.2, -0.15) is 15.8 Å². The van der Waals surface area contributed by atoms with Crippen molar-refractivity contribution in [1.82, 2.24) is 0 Å². The highest BCUT2D eigenvalue weighted by Gasteiger charge is 2.80. The first kappa shape index (κ1) is 22.0. The summed E-state index contributed by atoms with van der Waals surface area (Å²) in [7, 11) is 0. The molecule has 3 fully saturated rings. The number of hydrogen-bond donors (Lipinski definition) is 1. The van der Waals surface area contributed by atoms with Crippen LogP contribution < -0.4 is 4.74 Å². The van der Waals surface area contributed by atoms with Crippen LogP contribution in [0.15, 0.2) is 54.6 Å². The van der Waals surface area contributed by atoms with Crippen LogP contribution in [-0.2, 0) is 16.1 Å². The molecule has 7 heteroatoms. The molecule has 0 radical (unpaired) electrons. The van der Waals surface area contributed by atoms with Crippen LogP contribution in [0.1, 0.15) is 49.3 Å². The Morgan fingerprint density at radius 3 is 2.50 bits per heavy atom. The first-order valence-electron chi connectivity index (χ1n) is 11.5. The van der Waals surface area contributed by atoms with Gasteiger partial charge < -0.3 is 14.2 Å². The fourth-order valence-corrected chi connectivity index (χ4v) is 5.85. The first-order valence-corrected chi connectivity index (χ1v) is 11.5. The van der Waals surface area contributed by atoms with E-state index in [0.29, 0.717) is 30.8 Å². The number of benzene rings is 2. The van der Waals surface area contributed by atoms with Gasteiger partial charge in [0.15, 0.2) is 5.41 Å². The Hall–Kier alpha value is -3.86. The summed E-state index contributed by atoms with van der Waals surface area (Å²) in [6.45, 7) is 0.360. The van der Waals surface area contributed by atoms with Gasteiger partial charge in [0.05, 0.1) is 24.1 Å². The Kier molecular flexibility index (Phi) is 5.28. The lowest BCUT2D eigenvalue weighted by atomic mass is 9.52. The van der Waals surface area contributed by atoms with Gasteiger partial charge >= 0.3 is 0 Å². The van der Waals surface area contributed by atoms with Crippen LogP contribution in [-0.4, -0.2) is 11.7 Å². The van der Waals surface area contributed by atoms with Crippen molar-refractivity contribution < 1.29 is 14.2 Å². The molecule has 1 aliphatic carbocycles. The Labute approximate surface area is 198 Å². The van der Waals surface area contributed by atoms with Crippen molar-refractivity contribution >= 4 is 5.90 Å². The number of nitrogens with zero attached hydrogens (tertiary/aromatic N) is 3. The highest BCUT2D eigenvalue weighted by atomic mass is 16.7. The molecular formula is C27H24N4O3. The molecule has 1 N–H and O–H groups in total. The second kappa shape index (κ2) is 8.17. The van der Waals surface area contributed by atoms with Crippen molar-refractivity contribution in [1.29, 1.82) is 21.2 Å². The molecular weight excluding hydrogens is 428 g/mol. The van der Waals surface area contributed by atoms with Crippen molar-refractivity contribution in [3.05, 3.63) is 65.7 Å². The smallest absolute Gasteiger partial charge is 0.217 e. The molecule has 3 aliphatic rings. The third-order valence-electron chi connectivity index (χ3n) is 7.48. The van der Waals surface area contributed by atoms with E-state index in [1.54, 1.807) is 24.3 Å². The van der Waals surface area contributed by atoms with Crippen LogP contribution in [0.3, 0.4) is 0 Å². The summed E-state index contributed by atoms with van der Waals surface area (Å²) in [5, 5.41) is 39.9. The summed E-state index contributed by atoms with van der Waals surface area (Å²) in [5.74, 6) is -1.51. The number of hydrogen-bond acceptors (Lipinski definition) is 7. The average molecular weight is 453 g/mol. The fourth-order valence-electron chi connectivity index (χ4n) is 5.85. The average Bonchev–Trinajstić information content (AvgIpc) is 2.99. The van der Waals surface area contributed by atoms with Gasteiger partial charge in [-0.15, -0.1) is 0 Å². The molecule has 4 atom stereocenters. The fraction of sp³-hybridized carbons (Fsp3) is 0.407. The summed E-state index contributed by atoms with van der Waals surface area (Å²) < 4.78 is 18.5. The topological polar surface area (TPSA) is 123 Å². The predicted octanol–water partition coefficient (Wildman–Crippen LogP) is 5.16. The molecule has 2 aromatic carbocycles. The quantitative estimate of drug-likeness (QED) is 0.683. The Morgan fingerprint density at radius 2 is 1.76 bits per heavy atom. The molecule has 4 unspecified atom stereocenters. The van der Waals surface area contributed by atoms with E-state index in [1.165, 1.54) is 0 Å². The van der Waals surface area contributed by atoms with Crippen LogP contribution >= 0.6 is 0 Å². The maximum Gasteiger partial charge on any atom is 0.217 e. The van der Waals surface area contributed by atoms with Gasteiger partial charge in [-0.05, 0) is 36.1 Å². The van der Waals surface area contributed by atoms with Crippen LogP contribution in [0.4, 0.5) is 0 Å².